The van der Waals surface area contributed by atoms with Gasteiger partial charge in [-0.3, -0.25) is 14.5 Å². The number of benzene rings is 2. The molecule has 1 N–H and O–H groups in total. The molecule has 3 heterocycles. The Morgan fingerprint density at radius 2 is 1.92 bits per heavy atom. The van der Waals surface area contributed by atoms with Gasteiger partial charge in [0.15, 0.2) is 15.9 Å². The SMILES string of the molecule is C=CCOc1ccc(C2C(C(=O)c3ccc(C)o3)=C(O)C(=O)N2c2nnc(SCc3ccc(F)cc3)s2)cc1. The van der Waals surface area contributed by atoms with Crippen LogP contribution < -0.4 is 9.64 Å². The number of nitrogens with zero attached hydrogens (tertiary/aromatic N) is 3. The van der Waals surface area contributed by atoms with Gasteiger partial charge in [-0.1, -0.05) is 60.0 Å². The molecule has 1 atom stereocenters. The van der Waals surface area contributed by atoms with Crippen LogP contribution in [0.2, 0.25) is 0 Å². The van der Waals surface area contributed by atoms with E-state index in [0.717, 1.165) is 16.9 Å². The molecular weight excluding hydrogens is 541 g/mol. The second-order valence-electron chi connectivity index (χ2n) is 8.51. The minimum absolute atomic E-state index is 0.00689. The van der Waals surface area contributed by atoms with Gasteiger partial charge in [-0.2, -0.15) is 0 Å². The first-order valence-electron chi connectivity index (χ1n) is 11.8. The fourth-order valence-corrected chi connectivity index (χ4v) is 5.85. The molecule has 1 aliphatic rings. The van der Waals surface area contributed by atoms with Crippen molar-refractivity contribution in [1.82, 2.24) is 10.2 Å². The summed E-state index contributed by atoms with van der Waals surface area (Å²) >= 11 is 2.52. The number of ketones is 1. The summed E-state index contributed by atoms with van der Waals surface area (Å²) in [6, 6.07) is 15.1. The maximum Gasteiger partial charge on any atom is 0.296 e. The van der Waals surface area contributed by atoms with Crippen molar-refractivity contribution >= 4 is 39.9 Å². The number of ether oxygens (including phenoxy) is 1. The summed E-state index contributed by atoms with van der Waals surface area (Å²) in [5.74, 6) is -0.755. The quantitative estimate of drug-likeness (QED) is 0.105. The molecule has 1 aliphatic heterocycles. The smallest absolute Gasteiger partial charge is 0.296 e. The van der Waals surface area contributed by atoms with Crippen LogP contribution >= 0.6 is 23.1 Å². The van der Waals surface area contributed by atoms with E-state index >= 15 is 0 Å². The molecule has 0 spiro atoms. The number of carbonyl (C=O) groups excluding carboxylic acids is 2. The van der Waals surface area contributed by atoms with E-state index in [4.69, 9.17) is 9.15 Å². The molecule has 1 unspecified atom stereocenters. The van der Waals surface area contributed by atoms with E-state index in [1.807, 2.05) is 0 Å². The van der Waals surface area contributed by atoms with Crippen LogP contribution in [-0.4, -0.2) is 33.6 Å². The average molecular weight is 564 g/mol. The van der Waals surface area contributed by atoms with Gasteiger partial charge in [-0.15, -0.1) is 10.2 Å². The van der Waals surface area contributed by atoms with Crippen LogP contribution in [0.1, 0.15) is 33.5 Å². The van der Waals surface area contributed by atoms with Crippen LogP contribution in [0, 0.1) is 12.7 Å². The molecule has 0 radical (unpaired) electrons. The molecule has 0 aliphatic carbocycles. The van der Waals surface area contributed by atoms with Gasteiger partial charge in [0.25, 0.3) is 5.91 Å². The zero-order valence-corrected chi connectivity index (χ0v) is 22.3. The summed E-state index contributed by atoms with van der Waals surface area (Å²) in [6.45, 7) is 5.65. The maximum absolute atomic E-state index is 13.5. The largest absolute Gasteiger partial charge is 0.503 e. The number of aliphatic hydroxyl groups is 1. The number of aliphatic hydroxyl groups excluding tert-OH is 1. The van der Waals surface area contributed by atoms with Gasteiger partial charge >= 0.3 is 0 Å². The summed E-state index contributed by atoms with van der Waals surface area (Å²) in [5.41, 5.74) is 1.33. The molecule has 4 aromatic rings. The van der Waals surface area contributed by atoms with Crippen molar-refractivity contribution in [1.29, 1.82) is 0 Å². The summed E-state index contributed by atoms with van der Waals surface area (Å²) in [7, 11) is 0. The van der Waals surface area contributed by atoms with E-state index in [2.05, 4.69) is 16.8 Å². The molecule has 1 amide bonds. The fraction of sp³-hybridized carbons (Fsp3) is 0.143. The third kappa shape index (κ3) is 5.50. The average Bonchev–Trinajstić information content (AvgIpc) is 3.65. The van der Waals surface area contributed by atoms with Crippen LogP contribution in [0.3, 0.4) is 0 Å². The highest BCUT2D eigenvalue weighted by molar-refractivity contribution is 8.00. The molecule has 39 heavy (non-hydrogen) atoms. The van der Waals surface area contributed by atoms with Gasteiger partial charge in [0, 0.05) is 5.75 Å². The number of Topliss-reactive ketones (excluding diaryl/α,β-unsaturated/α-hetero) is 1. The molecule has 0 bridgehead atoms. The Hall–Kier alpha value is -4.22. The number of anilines is 1. The summed E-state index contributed by atoms with van der Waals surface area (Å²) in [6.07, 6.45) is 1.62. The van der Waals surface area contributed by atoms with E-state index in [9.17, 15) is 19.1 Å². The number of hydrogen-bond donors (Lipinski definition) is 1. The second-order valence-corrected chi connectivity index (χ2v) is 10.7. The zero-order chi connectivity index (χ0) is 27.5. The first kappa shape index (κ1) is 26.4. The van der Waals surface area contributed by atoms with Crippen LogP contribution in [0.25, 0.3) is 0 Å². The molecule has 0 saturated carbocycles. The van der Waals surface area contributed by atoms with Crippen molar-refractivity contribution in [3.63, 3.8) is 0 Å². The third-order valence-corrected chi connectivity index (χ3v) is 7.99. The number of thioether (sulfide) groups is 1. The van der Waals surface area contributed by atoms with Gasteiger partial charge in [0.2, 0.25) is 10.9 Å². The highest BCUT2D eigenvalue weighted by Crippen LogP contribution is 2.44. The predicted octanol–water partition coefficient (Wildman–Crippen LogP) is 6.22. The van der Waals surface area contributed by atoms with Crippen LogP contribution in [0.4, 0.5) is 9.52 Å². The highest BCUT2D eigenvalue weighted by atomic mass is 32.2. The van der Waals surface area contributed by atoms with Crippen LogP contribution in [0.15, 0.2) is 93.4 Å². The number of aromatic nitrogens is 2. The monoisotopic (exact) mass is 563 g/mol. The number of amides is 1. The van der Waals surface area contributed by atoms with Crippen LogP contribution in [0.5, 0.6) is 5.75 Å². The molecule has 5 rings (SSSR count). The molecule has 0 saturated heterocycles. The Labute approximate surface area is 231 Å². The van der Waals surface area contributed by atoms with Crippen molar-refractivity contribution < 1.29 is 28.2 Å². The van der Waals surface area contributed by atoms with Gasteiger partial charge in [-0.05, 0) is 54.4 Å². The number of halogens is 1. The molecule has 198 valence electrons. The molecular formula is C28H22FN3O5S2. The summed E-state index contributed by atoms with van der Waals surface area (Å²) < 4.78 is 24.9. The van der Waals surface area contributed by atoms with E-state index in [-0.39, 0.29) is 22.3 Å². The second kappa shape index (κ2) is 11.3. The van der Waals surface area contributed by atoms with Crippen molar-refractivity contribution in [2.75, 3.05) is 11.5 Å². The topological polar surface area (TPSA) is 106 Å². The fourth-order valence-electron chi connectivity index (χ4n) is 4.02. The standard InChI is InChI=1S/C28H22FN3O5S2/c1-3-14-36-20-11-7-18(8-12-20)23-22(24(33)21-13-4-16(2)37-21)25(34)26(35)32(23)27-30-31-28(39-27)38-15-17-5-9-19(29)10-6-17/h3-13,23,34H,1,14-15H2,2H3. The molecule has 0 fully saturated rings. The predicted molar refractivity (Wildman–Crippen MR) is 146 cm³/mol. The van der Waals surface area contributed by atoms with Crippen LogP contribution in [-0.2, 0) is 10.5 Å². The van der Waals surface area contributed by atoms with Gasteiger partial charge in [0.05, 0.1) is 11.6 Å². The number of furan rings is 1. The Bertz CT molecular complexity index is 1560. The van der Waals surface area contributed by atoms with Gasteiger partial charge in [0.1, 0.15) is 23.9 Å². The summed E-state index contributed by atoms with van der Waals surface area (Å²) in [4.78, 5) is 28.1. The lowest BCUT2D eigenvalue weighted by Crippen LogP contribution is -2.31. The van der Waals surface area contributed by atoms with E-state index < -0.39 is 23.5 Å². The Balaban J connectivity index is 1.48. The first-order chi connectivity index (χ1) is 18.9. The lowest BCUT2D eigenvalue weighted by atomic mass is 9.95. The van der Waals surface area contributed by atoms with Crippen molar-refractivity contribution in [3.8, 4) is 5.75 Å². The van der Waals surface area contributed by atoms with Crippen molar-refractivity contribution in [2.24, 2.45) is 0 Å². The van der Waals surface area contributed by atoms with E-state index in [0.29, 0.717) is 33.8 Å². The van der Waals surface area contributed by atoms with Crippen molar-refractivity contribution in [2.45, 2.75) is 23.1 Å². The third-order valence-electron chi connectivity index (χ3n) is 5.86. The first-order valence-corrected chi connectivity index (χ1v) is 13.6. The molecule has 11 heteroatoms. The number of aryl methyl sites for hydroxylation is 1. The Kier molecular flexibility index (Phi) is 7.62. The molecule has 2 aromatic heterocycles. The van der Waals surface area contributed by atoms with E-state index in [1.54, 1.807) is 55.5 Å². The number of rotatable bonds is 10. The minimum Gasteiger partial charge on any atom is -0.503 e. The van der Waals surface area contributed by atoms with Gasteiger partial charge in [-0.25, -0.2) is 4.39 Å². The highest BCUT2D eigenvalue weighted by Gasteiger charge is 2.46. The molecule has 2 aromatic carbocycles. The zero-order valence-electron chi connectivity index (χ0n) is 20.7. The van der Waals surface area contributed by atoms with Crippen molar-refractivity contribution in [3.05, 3.63) is 113 Å². The number of hydrogen-bond acceptors (Lipinski definition) is 9. The van der Waals surface area contributed by atoms with Gasteiger partial charge < -0.3 is 14.3 Å². The van der Waals surface area contributed by atoms with E-state index in [1.165, 1.54) is 34.9 Å². The lowest BCUT2D eigenvalue weighted by molar-refractivity contribution is -0.117. The Morgan fingerprint density at radius 1 is 1.18 bits per heavy atom. The Morgan fingerprint density at radius 3 is 2.59 bits per heavy atom. The summed E-state index contributed by atoms with van der Waals surface area (Å²) in [5, 5.41) is 19.5. The molecule has 8 nitrogen and oxygen atoms in total. The minimum atomic E-state index is -0.980. The lowest BCUT2D eigenvalue weighted by Gasteiger charge is -2.24. The normalized spacial score (nSPS) is 15.2. The number of carbonyl (C=O) groups is 2. The maximum atomic E-state index is 13.5.